The van der Waals surface area contributed by atoms with Crippen LogP contribution < -0.4 is 15.2 Å². The molecule has 2 heterocycles. The van der Waals surface area contributed by atoms with E-state index in [-0.39, 0.29) is 11.9 Å². The minimum Gasteiger partial charge on any atom is -0.497 e. The zero-order chi connectivity index (χ0) is 14.8. The van der Waals surface area contributed by atoms with Gasteiger partial charge in [-0.2, -0.15) is 0 Å². The first-order valence-corrected chi connectivity index (χ1v) is 7.23. The summed E-state index contributed by atoms with van der Waals surface area (Å²) in [6, 6.07) is 5.69. The fourth-order valence-electron chi connectivity index (χ4n) is 2.79. The number of fused-ring (bicyclic) bond motifs is 1. The molecule has 0 aliphatic carbocycles. The molecule has 1 atom stereocenters. The van der Waals surface area contributed by atoms with Crippen LogP contribution in [-0.4, -0.2) is 43.7 Å². The van der Waals surface area contributed by atoms with Gasteiger partial charge >= 0.3 is 0 Å². The molecule has 2 aliphatic rings. The highest BCUT2D eigenvalue weighted by atomic mass is 16.5. The summed E-state index contributed by atoms with van der Waals surface area (Å²) in [7, 11) is 1.62. The lowest BCUT2D eigenvalue weighted by Crippen LogP contribution is -2.46. The summed E-state index contributed by atoms with van der Waals surface area (Å²) in [5.74, 6) is 1.53. The maximum atomic E-state index is 12.5. The maximum absolute atomic E-state index is 12.5. The van der Waals surface area contributed by atoms with Crippen LogP contribution in [0.1, 0.15) is 18.4 Å². The van der Waals surface area contributed by atoms with Crippen molar-refractivity contribution in [2.75, 3.05) is 26.8 Å². The lowest BCUT2D eigenvalue weighted by molar-refractivity contribution is -0.128. The second kappa shape index (κ2) is 5.77. The van der Waals surface area contributed by atoms with Crippen LogP contribution in [0.3, 0.4) is 0 Å². The van der Waals surface area contributed by atoms with Crippen molar-refractivity contribution >= 4 is 12.0 Å². The number of methoxy groups -OCH3 is 1. The Morgan fingerprint density at radius 1 is 1.48 bits per heavy atom. The Labute approximate surface area is 124 Å². The third-order valence-electron chi connectivity index (χ3n) is 3.95. The molecular formula is C16H20N2O3. The molecule has 0 bridgehead atoms. The molecule has 0 aromatic heterocycles. The molecule has 5 nitrogen and oxygen atoms in total. The van der Waals surface area contributed by atoms with Crippen LogP contribution in [0.2, 0.25) is 0 Å². The third kappa shape index (κ3) is 2.88. The molecule has 0 radical (unpaired) electrons. The number of hydrogen-bond donors (Lipinski definition) is 1. The van der Waals surface area contributed by atoms with E-state index in [0.717, 1.165) is 36.4 Å². The number of rotatable bonds is 2. The van der Waals surface area contributed by atoms with E-state index < -0.39 is 0 Å². The van der Waals surface area contributed by atoms with E-state index >= 15 is 0 Å². The number of nitrogens with two attached hydrogens (primary N) is 1. The molecule has 1 unspecified atom stereocenters. The Morgan fingerprint density at radius 2 is 2.33 bits per heavy atom. The predicted molar refractivity (Wildman–Crippen MR) is 80.3 cm³/mol. The summed E-state index contributed by atoms with van der Waals surface area (Å²) in [6.45, 7) is 1.70. The summed E-state index contributed by atoms with van der Waals surface area (Å²) >= 11 is 0. The summed E-state index contributed by atoms with van der Waals surface area (Å²) < 4.78 is 10.9. The van der Waals surface area contributed by atoms with Crippen LogP contribution in [-0.2, 0) is 4.79 Å². The molecule has 2 N–H and O–H groups in total. The fourth-order valence-corrected chi connectivity index (χ4v) is 2.79. The number of piperidine rings is 1. The number of amides is 1. The van der Waals surface area contributed by atoms with Gasteiger partial charge in [0.2, 0.25) is 0 Å². The minimum absolute atomic E-state index is 0.0339. The first-order valence-electron chi connectivity index (χ1n) is 7.23. The van der Waals surface area contributed by atoms with Gasteiger partial charge in [-0.15, -0.1) is 0 Å². The Hall–Kier alpha value is -2.01. The van der Waals surface area contributed by atoms with E-state index in [4.69, 9.17) is 15.2 Å². The van der Waals surface area contributed by atoms with Gasteiger partial charge in [-0.3, -0.25) is 4.79 Å². The fraction of sp³-hybridized carbons (Fsp3) is 0.438. The standard InChI is InChI=1S/C16H20N2O3/c1-20-14-5-4-11-7-12(10-21-15(11)8-14)16(19)18-6-2-3-13(17)9-18/h4-5,7-8,13H,2-3,6,9-10,17H2,1H3. The summed E-state index contributed by atoms with van der Waals surface area (Å²) in [6.07, 6.45) is 3.86. The molecule has 1 saturated heterocycles. The van der Waals surface area contributed by atoms with Crippen LogP contribution in [0.25, 0.3) is 6.08 Å². The van der Waals surface area contributed by atoms with Crippen LogP contribution >= 0.6 is 0 Å². The number of ether oxygens (including phenoxy) is 2. The second-order valence-corrected chi connectivity index (χ2v) is 5.52. The Balaban J connectivity index is 1.79. The van der Waals surface area contributed by atoms with Crippen molar-refractivity contribution in [3.05, 3.63) is 29.3 Å². The molecule has 1 amide bonds. The summed E-state index contributed by atoms with van der Waals surface area (Å²) in [5.41, 5.74) is 7.53. The number of carbonyl (C=O) groups is 1. The van der Waals surface area contributed by atoms with Gasteiger partial charge < -0.3 is 20.1 Å². The average molecular weight is 288 g/mol. The highest BCUT2D eigenvalue weighted by molar-refractivity contribution is 5.99. The van der Waals surface area contributed by atoms with Gasteiger partial charge in [0.1, 0.15) is 18.1 Å². The molecule has 2 aliphatic heterocycles. The molecule has 1 fully saturated rings. The van der Waals surface area contributed by atoms with E-state index in [0.29, 0.717) is 18.7 Å². The lowest BCUT2D eigenvalue weighted by atomic mass is 10.0. The molecular weight excluding hydrogens is 268 g/mol. The van der Waals surface area contributed by atoms with Crippen molar-refractivity contribution in [3.8, 4) is 11.5 Å². The maximum Gasteiger partial charge on any atom is 0.253 e. The van der Waals surface area contributed by atoms with E-state index in [2.05, 4.69) is 0 Å². The van der Waals surface area contributed by atoms with E-state index in [1.165, 1.54) is 0 Å². The van der Waals surface area contributed by atoms with Gasteiger partial charge in [-0.05, 0) is 31.1 Å². The van der Waals surface area contributed by atoms with Crippen molar-refractivity contribution in [1.82, 2.24) is 4.90 Å². The Kier molecular flexibility index (Phi) is 3.84. The highest BCUT2D eigenvalue weighted by Gasteiger charge is 2.26. The van der Waals surface area contributed by atoms with Gasteiger partial charge in [-0.25, -0.2) is 0 Å². The predicted octanol–water partition coefficient (Wildman–Crippen LogP) is 1.42. The monoisotopic (exact) mass is 288 g/mol. The molecule has 3 rings (SSSR count). The number of hydrogen-bond acceptors (Lipinski definition) is 4. The molecule has 5 heteroatoms. The summed E-state index contributed by atoms with van der Waals surface area (Å²) in [5, 5.41) is 0. The number of carbonyl (C=O) groups excluding carboxylic acids is 1. The Bertz CT molecular complexity index is 583. The average Bonchev–Trinajstić information content (AvgIpc) is 2.53. The van der Waals surface area contributed by atoms with Crippen molar-refractivity contribution < 1.29 is 14.3 Å². The molecule has 1 aromatic rings. The lowest BCUT2D eigenvalue weighted by Gasteiger charge is -2.32. The minimum atomic E-state index is 0.0339. The van der Waals surface area contributed by atoms with Crippen LogP contribution in [0.5, 0.6) is 11.5 Å². The van der Waals surface area contributed by atoms with Crippen molar-refractivity contribution in [3.63, 3.8) is 0 Å². The van der Waals surface area contributed by atoms with Crippen LogP contribution in [0, 0.1) is 0 Å². The number of nitrogens with zero attached hydrogens (tertiary/aromatic N) is 1. The van der Waals surface area contributed by atoms with Gasteiger partial charge in [0.25, 0.3) is 5.91 Å². The number of likely N-dealkylation sites (tertiary alicyclic amines) is 1. The second-order valence-electron chi connectivity index (χ2n) is 5.52. The van der Waals surface area contributed by atoms with Crippen molar-refractivity contribution in [2.45, 2.75) is 18.9 Å². The Morgan fingerprint density at radius 3 is 3.10 bits per heavy atom. The van der Waals surface area contributed by atoms with Crippen molar-refractivity contribution in [1.29, 1.82) is 0 Å². The molecule has 0 spiro atoms. The summed E-state index contributed by atoms with van der Waals surface area (Å²) in [4.78, 5) is 14.4. The van der Waals surface area contributed by atoms with E-state index in [1.807, 2.05) is 29.2 Å². The van der Waals surface area contributed by atoms with Crippen molar-refractivity contribution in [2.24, 2.45) is 5.73 Å². The zero-order valence-electron chi connectivity index (χ0n) is 12.2. The van der Waals surface area contributed by atoms with Gasteiger partial charge in [0.05, 0.1) is 12.7 Å². The SMILES string of the molecule is COc1ccc2c(c1)OCC(C(=O)N1CCCC(N)C1)=C2. The molecule has 21 heavy (non-hydrogen) atoms. The quantitative estimate of drug-likeness (QED) is 0.894. The zero-order valence-corrected chi connectivity index (χ0v) is 12.2. The highest BCUT2D eigenvalue weighted by Crippen LogP contribution is 2.30. The van der Waals surface area contributed by atoms with Gasteiger partial charge in [-0.1, -0.05) is 0 Å². The molecule has 1 aromatic carbocycles. The first kappa shape index (κ1) is 13.9. The largest absolute Gasteiger partial charge is 0.497 e. The molecule has 0 saturated carbocycles. The van der Waals surface area contributed by atoms with Crippen LogP contribution in [0.4, 0.5) is 0 Å². The normalized spacial score (nSPS) is 21.1. The topological polar surface area (TPSA) is 64.8 Å². The number of benzene rings is 1. The molecule has 112 valence electrons. The first-order chi connectivity index (χ1) is 10.2. The third-order valence-corrected chi connectivity index (χ3v) is 3.95. The van der Waals surface area contributed by atoms with E-state index in [9.17, 15) is 4.79 Å². The van der Waals surface area contributed by atoms with Gasteiger partial charge in [0.15, 0.2) is 0 Å². The van der Waals surface area contributed by atoms with Crippen LogP contribution in [0.15, 0.2) is 23.8 Å². The van der Waals surface area contributed by atoms with E-state index in [1.54, 1.807) is 7.11 Å². The van der Waals surface area contributed by atoms with Gasteiger partial charge in [0, 0.05) is 30.8 Å². The smallest absolute Gasteiger partial charge is 0.253 e.